The van der Waals surface area contributed by atoms with E-state index in [0.717, 1.165) is 18.8 Å². The normalized spacial score (nSPS) is 12.0. The van der Waals surface area contributed by atoms with Gasteiger partial charge in [0.15, 0.2) is 0 Å². The Kier molecular flexibility index (Phi) is 4.12. The van der Waals surface area contributed by atoms with Gasteiger partial charge >= 0.3 is 5.97 Å². The Hall–Kier alpha value is -1.29. The molecule has 0 amide bonds. The number of aromatic nitrogens is 1. The van der Waals surface area contributed by atoms with Crippen LogP contribution in [0.3, 0.4) is 0 Å². The van der Waals surface area contributed by atoms with Gasteiger partial charge in [-0.15, -0.1) is 0 Å². The predicted molar refractivity (Wildman–Crippen MR) is 63.2 cm³/mol. The molecule has 2 N–H and O–H groups in total. The number of hydrogen-bond acceptors (Lipinski definition) is 2. The van der Waals surface area contributed by atoms with E-state index in [4.69, 9.17) is 5.11 Å². The van der Waals surface area contributed by atoms with Gasteiger partial charge in [0.05, 0.1) is 5.41 Å². The summed E-state index contributed by atoms with van der Waals surface area (Å²) in [6.07, 6.45) is 2.55. The van der Waals surface area contributed by atoms with Crippen molar-refractivity contribution in [2.45, 2.75) is 26.8 Å². The number of nitrogens with one attached hydrogen (secondary N) is 1. The van der Waals surface area contributed by atoms with E-state index in [-0.39, 0.29) is 0 Å². The number of H-pyrrole nitrogens is 1. The number of nitrogens with zero attached hydrogens (tertiary/aromatic N) is 1. The zero-order chi connectivity index (χ0) is 12.2. The molecular formula is C12H20N2O2. The van der Waals surface area contributed by atoms with E-state index in [1.54, 1.807) is 13.8 Å². The van der Waals surface area contributed by atoms with Crippen LogP contribution in [0.15, 0.2) is 18.3 Å². The molecule has 4 nitrogen and oxygen atoms in total. The summed E-state index contributed by atoms with van der Waals surface area (Å²) in [6.45, 7) is 5.12. The first kappa shape index (κ1) is 12.8. The fourth-order valence-electron chi connectivity index (χ4n) is 1.41. The minimum Gasteiger partial charge on any atom is -0.481 e. The molecule has 4 heteroatoms. The Morgan fingerprint density at radius 2 is 2.25 bits per heavy atom. The predicted octanol–water partition coefficient (Wildman–Crippen LogP) is 1.95. The first-order valence-corrected chi connectivity index (χ1v) is 5.46. The molecule has 1 rings (SSSR count). The van der Waals surface area contributed by atoms with Crippen LogP contribution in [0.4, 0.5) is 0 Å². The number of hydrogen-bond donors (Lipinski definition) is 2. The van der Waals surface area contributed by atoms with Crippen LogP contribution in [-0.2, 0) is 11.3 Å². The molecule has 1 aromatic rings. The zero-order valence-electron chi connectivity index (χ0n) is 10.2. The maximum Gasteiger partial charge on any atom is 0.309 e. The van der Waals surface area contributed by atoms with Gasteiger partial charge in [0.1, 0.15) is 0 Å². The van der Waals surface area contributed by atoms with E-state index in [2.05, 4.69) is 9.88 Å². The van der Waals surface area contributed by atoms with Crippen LogP contribution < -0.4 is 0 Å². The van der Waals surface area contributed by atoms with Crippen molar-refractivity contribution in [1.82, 2.24) is 9.88 Å². The second-order valence-corrected chi connectivity index (χ2v) is 4.87. The second-order valence-electron chi connectivity index (χ2n) is 4.87. The lowest BCUT2D eigenvalue weighted by molar-refractivity contribution is -0.147. The minimum atomic E-state index is -0.735. The number of aliphatic carboxylic acids is 1. The summed E-state index contributed by atoms with van der Waals surface area (Å²) in [5.41, 5.74) is 0.500. The van der Waals surface area contributed by atoms with Crippen molar-refractivity contribution < 1.29 is 9.90 Å². The standard InChI is InChI=1S/C12H20N2O2/c1-12(2,11(15)16)6-8-14(3)9-10-5-4-7-13-10/h4-5,7,13H,6,8-9H2,1-3H3,(H,15,16). The third-order valence-electron chi connectivity index (χ3n) is 2.80. The molecule has 0 atom stereocenters. The Morgan fingerprint density at radius 3 is 2.75 bits per heavy atom. The Bertz CT molecular complexity index is 331. The van der Waals surface area contributed by atoms with Crippen LogP contribution in [-0.4, -0.2) is 34.6 Å². The molecule has 0 unspecified atom stereocenters. The molecule has 16 heavy (non-hydrogen) atoms. The first-order chi connectivity index (χ1) is 7.42. The van der Waals surface area contributed by atoms with E-state index in [0.29, 0.717) is 6.42 Å². The fraction of sp³-hybridized carbons (Fsp3) is 0.583. The molecule has 0 bridgehead atoms. The number of carboxylic acid groups (broad SMARTS) is 1. The lowest BCUT2D eigenvalue weighted by Gasteiger charge is -2.23. The highest BCUT2D eigenvalue weighted by molar-refractivity contribution is 5.73. The maximum atomic E-state index is 10.9. The molecule has 0 fully saturated rings. The molecule has 1 heterocycles. The van der Waals surface area contributed by atoms with E-state index < -0.39 is 11.4 Å². The van der Waals surface area contributed by atoms with Crippen LogP contribution in [0.25, 0.3) is 0 Å². The molecule has 0 radical (unpaired) electrons. The topological polar surface area (TPSA) is 56.3 Å². The zero-order valence-corrected chi connectivity index (χ0v) is 10.2. The van der Waals surface area contributed by atoms with Gasteiger partial charge in [0.25, 0.3) is 0 Å². The van der Waals surface area contributed by atoms with Gasteiger partial charge < -0.3 is 15.0 Å². The molecule has 0 saturated carbocycles. The van der Waals surface area contributed by atoms with Gasteiger partial charge in [-0.2, -0.15) is 0 Å². The highest BCUT2D eigenvalue weighted by Crippen LogP contribution is 2.20. The van der Waals surface area contributed by atoms with Gasteiger partial charge in [0.2, 0.25) is 0 Å². The second kappa shape index (κ2) is 5.16. The molecule has 0 aliphatic rings. The lowest BCUT2D eigenvalue weighted by Crippen LogP contribution is -2.30. The number of carboxylic acids is 1. The van der Waals surface area contributed by atoms with Crippen molar-refractivity contribution in [3.05, 3.63) is 24.0 Å². The summed E-state index contributed by atoms with van der Waals surface area (Å²) in [6, 6.07) is 3.99. The SMILES string of the molecule is CN(CCC(C)(C)C(=O)O)Cc1ccc[nH]1. The number of rotatable bonds is 6. The van der Waals surface area contributed by atoms with E-state index >= 15 is 0 Å². The smallest absolute Gasteiger partial charge is 0.309 e. The maximum absolute atomic E-state index is 10.9. The van der Waals surface area contributed by atoms with Gasteiger partial charge in [0, 0.05) is 18.4 Å². The highest BCUT2D eigenvalue weighted by atomic mass is 16.4. The van der Waals surface area contributed by atoms with Crippen LogP contribution in [0.2, 0.25) is 0 Å². The van der Waals surface area contributed by atoms with E-state index in [1.807, 2.05) is 25.4 Å². The van der Waals surface area contributed by atoms with Crippen molar-refractivity contribution in [2.75, 3.05) is 13.6 Å². The first-order valence-electron chi connectivity index (χ1n) is 5.46. The summed E-state index contributed by atoms with van der Waals surface area (Å²) in [4.78, 5) is 16.2. The number of aromatic amines is 1. The monoisotopic (exact) mass is 224 g/mol. The molecule has 0 aliphatic carbocycles. The highest BCUT2D eigenvalue weighted by Gasteiger charge is 2.26. The van der Waals surface area contributed by atoms with Crippen LogP contribution >= 0.6 is 0 Å². The molecule has 90 valence electrons. The quantitative estimate of drug-likeness (QED) is 0.776. The summed E-state index contributed by atoms with van der Waals surface area (Å²) < 4.78 is 0. The molecule has 0 spiro atoms. The van der Waals surface area contributed by atoms with Crippen molar-refractivity contribution in [3.8, 4) is 0 Å². The van der Waals surface area contributed by atoms with Gasteiger partial charge in [-0.3, -0.25) is 4.79 Å². The van der Waals surface area contributed by atoms with Gasteiger partial charge in [-0.05, 0) is 46.0 Å². The minimum absolute atomic E-state index is 0.649. The third-order valence-corrected chi connectivity index (χ3v) is 2.80. The Labute approximate surface area is 96.3 Å². The lowest BCUT2D eigenvalue weighted by atomic mass is 9.89. The van der Waals surface area contributed by atoms with Crippen LogP contribution in [0, 0.1) is 5.41 Å². The molecule has 0 aromatic carbocycles. The molecule has 0 saturated heterocycles. The Balaban J connectivity index is 2.35. The van der Waals surface area contributed by atoms with E-state index in [1.165, 1.54) is 0 Å². The van der Waals surface area contributed by atoms with Crippen LogP contribution in [0.5, 0.6) is 0 Å². The molecular weight excluding hydrogens is 204 g/mol. The summed E-state index contributed by atoms with van der Waals surface area (Å²) in [5.74, 6) is -0.735. The average molecular weight is 224 g/mol. The Morgan fingerprint density at radius 1 is 1.56 bits per heavy atom. The summed E-state index contributed by atoms with van der Waals surface area (Å²) in [7, 11) is 2.00. The number of carbonyl (C=O) groups is 1. The van der Waals surface area contributed by atoms with Gasteiger partial charge in [-0.1, -0.05) is 0 Å². The van der Waals surface area contributed by atoms with Crippen LogP contribution in [0.1, 0.15) is 26.0 Å². The average Bonchev–Trinajstić information content (AvgIpc) is 2.67. The largest absolute Gasteiger partial charge is 0.481 e. The van der Waals surface area contributed by atoms with E-state index in [9.17, 15) is 4.79 Å². The van der Waals surface area contributed by atoms with Crippen molar-refractivity contribution in [1.29, 1.82) is 0 Å². The van der Waals surface area contributed by atoms with Crippen molar-refractivity contribution in [2.24, 2.45) is 5.41 Å². The molecule has 1 aromatic heterocycles. The van der Waals surface area contributed by atoms with Crippen molar-refractivity contribution >= 4 is 5.97 Å². The molecule has 0 aliphatic heterocycles. The summed E-state index contributed by atoms with van der Waals surface area (Å²) in [5, 5.41) is 8.99. The van der Waals surface area contributed by atoms with Crippen molar-refractivity contribution in [3.63, 3.8) is 0 Å². The van der Waals surface area contributed by atoms with Gasteiger partial charge in [-0.25, -0.2) is 0 Å². The fourth-order valence-corrected chi connectivity index (χ4v) is 1.41. The third kappa shape index (κ3) is 3.70. The summed E-state index contributed by atoms with van der Waals surface area (Å²) >= 11 is 0.